The van der Waals surface area contributed by atoms with E-state index in [4.69, 9.17) is 17.3 Å². The third-order valence-electron chi connectivity index (χ3n) is 3.51. The van der Waals surface area contributed by atoms with Crippen molar-refractivity contribution in [3.05, 3.63) is 46.2 Å². The van der Waals surface area contributed by atoms with Crippen LogP contribution in [0.4, 0.5) is 5.69 Å². The monoisotopic (exact) mass is 305 g/mol. The lowest BCUT2D eigenvalue weighted by molar-refractivity contribution is -0.118. The molecule has 0 bridgehead atoms. The van der Waals surface area contributed by atoms with E-state index in [1.807, 2.05) is 38.2 Å². The summed E-state index contributed by atoms with van der Waals surface area (Å²) in [6.07, 6.45) is 2.27. The Kier molecular flexibility index (Phi) is 5.02. The van der Waals surface area contributed by atoms with Crippen LogP contribution in [0, 0.1) is 0 Å². The van der Waals surface area contributed by atoms with Crippen LogP contribution in [0.3, 0.4) is 0 Å². The topological polar surface area (TPSA) is 60.9 Å². The highest BCUT2D eigenvalue weighted by molar-refractivity contribution is 6.32. The number of hydrogen-bond acceptors (Lipinski definition) is 3. The molecule has 5 heteroatoms. The maximum absolute atomic E-state index is 12.1. The van der Waals surface area contributed by atoms with Crippen molar-refractivity contribution < 1.29 is 4.79 Å². The van der Waals surface area contributed by atoms with Crippen LogP contribution in [0.1, 0.15) is 30.3 Å². The number of nitrogens with zero attached hydrogens (tertiary/aromatic N) is 2. The van der Waals surface area contributed by atoms with Crippen LogP contribution in [-0.4, -0.2) is 15.6 Å². The van der Waals surface area contributed by atoms with E-state index in [2.05, 4.69) is 5.10 Å². The SMILES string of the molecule is CCc1nn(C)c(CC(=O)CCc2cccc(N)c2)c1Cl. The number of benzene rings is 1. The average molecular weight is 306 g/mol. The molecule has 2 rings (SSSR count). The van der Waals surface area contributed by atoms with Crippen molar-refractivity contribution in [3.63, 3.8) is 0 Å². The Labute approximate surface area is 129 Å². The second-order valence-corrected chi connectivity index (χ2v) is 5.52. The number of nitrogens with two attached hydrogens (primary N) is 1. The van der Waals surface area contributed by atoms with E-state index < -0.39 is 0 Å². The number of carbonyl (C=O) groups is 1. The van der Waals surface area contributed by atoms with Gasteiger partial charge in [0.2, 0.25) is 0 Å². The predicted molar refractivity (Wildman–Crippen MR) is 85.5 cm³/mol. The molecule has 2 aromatic rings. The molecule has 0 aliphatic carbocycles. The van der Waals surface area contributed by atoms with Gasteiger partial charge in [0, 0.05) is 25.6 Å². The average Bonchev–Trinajstić information content (AvgIpc) is 2.72. The van der Waals surface area contributed by atoms with Gasteiger partial charge in [0.05, 0.1) is 16.4 Å². The Morgan fingerprint density at radius 1 is 1.43 bits per heavy atom. The molecule has 21 heavy (non-hydrogen) atoms. The van der Waals surface area contributed by atoms with E-state index >= 15 is 0 Å². The van der Waals surface area contributed by atoms with Gasteiger partial charge in [-0.25, -0.2) is 0 Å². The fourth-order valence-corrected chi connectivity index (χ4v) is 2.68. The molecule has 0 amide bonds. The summed E-state index contributed by atoms with van der Waals surface area (Å²) in [4.78, 5) is 12.1. The fourth-order valence-electron chi connectivity index (χ4n) is 2.32. The molecule has 0 fully saturated rings. The summed E-state index contributed by atoms with van der Waals surface area (Å²) in [7, 11) is 1.82. The number of nitrogen functional groups attached to an aromatic ring is 1. The standard InChI is InChI=1S/C16H20ClN3O/c1-3-14-16(17)15(20(2)19-14)10-13(21)8-7-11-5-4-6-12(18)9-11/h4-6,9H,3,7-8,10,18H2,1-2H3. The molecule has 0 saturated carbocycles. The van der Waals surface area contributed by atoms with E-state index in [9.17, 15) is 4.79 Å². The maximum atomic E-state index is 12.1. The molecule has 112 valence electrons. The van der Waals surface area contributed by atoms with Crippen molar-refractivity contribution in [3.8, 4) is 0 Å². The molecule has 1 aromatic heterocycles. The van der Waals surface area contributed by atoms with Crippen LogP contribution in [0.15, 0.2) is 24.3 Å². The Morgan fingerprint density at radius 2 is 2.19 bits per heavy atom. The smallest absolute Gasteiger partial charge is 0.139 e. The number of Topliss-reactive ketones (excluding diaryl/α,β-unsaturated/α-hetero) is 1. The number of aryl methyl sites for hydroxylation is 3. The number of ketones is 1. The minimum atomic E-state index is 0.157. The van der Waals surface area contributed by atoms with Gasteiger partial charge in [0.25, 0.3) is 0 Å². The number of rotatable bonds is 6. The lowest BCUT2D eigenvalue weighted by Crippen LogP contribution is -2.09. The van der Waals surface area contributed by atoms with Crippen LogP contribution in [-0.2, 0) is 31.1 Å². The summed E-state index contributed by atoms with van der Waals surface area (Å²) in [6, 6.07) is 7.63. The summed E-state index contributed by atoms with van der Waals surface area (Å²) >= 11 is 6.26. The van der Waals surface area contributed by atoms with Crippen molar-refractivity contribution in [2.24, 2.45) is 7.05 Å². The minimum absolute atomic E-state index is 0.157. The first-order valence-electron chi connectivity index (χ1n) is 7.07. The molecular formula is C16H20ClN3O. The maximum Gasteiger partial charge on any atom is 0.139 e. The first-order valence-corrected chi connectivity index (χ1v) is 7.45. The fraction of sp³-hybridized carbons (Fsp3) is 0.375. The lowest BCUT2D eigenvalue weighted by atomic mass is 10.0. The Balaban J connectivity index is 1.98. The van der Waals surface area contributed by atoms with Crippen molar-refractivity contribution in [1.82, 2.24) is 9.78 Å². The number of hydrogen-bond donors (Lipinski definition) is 1. The first-order chi connectivity index (χ1) is 10.0. The van der Waals surface area contributed by atoms with Gasteiger partial charge in [0.15, 0.2) is 0 Å². The third-order valence-corrected chi connectivity index (χ3v) is 3.95. The molecule has 0 unspecified atom stereocenters. The zero-order chi connectivity index (χ0) is 15.4. The summed E-state index contributed by atoms with van der Waals surface area (Å²) in [5.41, 5.74) is 9.18. The van der Waals surface area contributed by atoms with Crippen molar-refractivity contribution in [1.29, 1.82) is 0 Å². The molecule has 0 aliphatic heterocycles. The highest BCUT2D eigenvalue weighted by atomic mass is 35.5. The Morgan fingerprint density at radius 3 is 2.81 bits per heavy atom. The van der Waals surface area contributed by atoms with Gasteiger partial charge in [-0.15, -0.1) is 0 Å². The van der Waals surface area contributed by atoms with Crippen LogP contribution in [0.25, 0.3) is 0 Å². The Bertz CT molecular complexity index is 649. The van der Waals surface area contributed by atoms with E-state index in [0.717, 1.165) is 29.1 Å². The second kappa shape index (κ2) is 6.76. The Hall–Kier alpha value is -1.81. The summed E-state index contributed by atoms with van der Waals surface area (Å²) in [5.74, 6) is 0.157. The number of anilines is 1. The molecule has 0 aliphatic rings. The van der Waals surface area contributed by atoms with Gasteiger partial charge in [-0.2, -0.15) is 5.10 Å². The summed E-state index contributed by atoms with van der Waals surface area (Å²) in [6.45, 7) is 2.00. The van der Waals surface area contributed by atoms with Crippen molar-refractivity contribution in [2.45, 2.75) is 32.6 Å². The third kappa shape index (κ3) is 3.85. The number of carbonyl (C=O) groups excluding carboxylic acids is 1. The summed E-state index contributed by atoms with van der Waals surface area (Å²) in [5, 5.41) is 4.95. The zero-order valence-corrected chi connectivity index (χ0v) is 13.2. The largest absolute Gasteiger partial charge is 0.399 e. The highest BCUT2D eigenvalue weighted by Gasteiger charge is 2.16. The lowest BCUT2D eigenvalue weighted by Gasteiger charge is -2.04. The summed E-state index contributed by atoms with van der Waals surface area (Å²) < 4.78 is 1.71. The molecular weight excluding hydrogens is 286 g/mol. The van der Waals surface area contributed by atoms with Crippen LogP contribution < -0.4 is 5.73 Å². The van der Waals surface area contributed by atoms with E-state index in [1.165, 1.54) is 0 Å². The molecule has 1 aromatic carbocycles. The molecule has 4 nitrogen and oxygen atoms in total. The van der Waals surface area contributed by atoms with E-state index in [1.54, 1.807) is 4.68 Å². The molecule has 0 saturated heterocycles. The van der Waals surface area contributed by atoms with E-state index in [0.29, 0.717) is 24.3 Å². The second-order valence-electron chi connectivity index (χ2n) is 5.15. The normalized spacial score (nSPS) is 10.8. The van der Waals surface area contributed by atoms with Gasteiger partial charge in [-0.1, -0.05) is 30.7 Å². The predicted octanol–water partition coefficient (Wildman–Crippen LogP) is 2.96. The number of aromatic nitrogens is 2. The first kappa shape index (κ1) is 15.6. The van der Waals surface area contributed by atoms with Gasteiger partial charge in [-0.3, -0.25) is 9.48 Å². The van der Waals surface area contributed by atoms with E-state index in [-0.39, 0.29) is 5.78 Å². The van der Waals surface area contributed by atoms with Gasteiger partial charge >= 0.3 is 0 Å². The molecule has 0 radical (unpaired) electrons. The van der Waals surface area contributed by atoms with Crippen LogP contribution in [0.5, 0.6) is 0 Å². The molecule has 0 atom stereocenters. The number of halogens is 1. The molecule has 1 heterocycles. The minimum Gasteiger partial charge on any atom is -0.399 e. The highest BCUT2D eigenvalue weighted by Crippen LogP contribution is 2.22. The molecule has 2 N–H and O–H groups in total. The van der Waals surface area contributed by atoms with Gasteiger partial charge in [0.1, 0.15) is 5.78 Å². The van der Waals surface area contributed by atoms with Gasteiger partial charge < -0.3 is 5.73 Å². The van der Waals surface area contributed by atoms with Crippen molar-refractivity contribution >= 4 is 23.1 Å². The van der Waals surface area contributed by atoms with Crippen LogP contribution in [0.2, 0.25) is 5.02 Å². The molecule has 0 spiro atoms. The quantitative estimate of drug-likeness (QED) is 0.835. The van der Waals surface area contributed by atoms with Gasteiger partial charge in [-0.05, 0) is 30.5 Å². The van der Waals surface area contributed by atoms with Crippen LogP contribution >= 0.6 is 11.6 Å². The zero-order valence-electron chi connectivity index (χ0n) is 12.4. The van der Waals surface area contributed by atoms with Crippen molar-refractivity contribution in [2.75, 3.05) is 5.73 Å².